The van der Waals surface area contributed by atoms with Crippen LogP contribution in [0.3, 0.4) is 0 Å². The molecule has 5 heteroatoms. The standard InChI is InChI=1S/C13H21N3O2/c1-5-10-6-9(7-11(14)16-10)12(17)15-8-13(2,3)18-4/h6-7H,5,8H2,1-4H3,(H2,14,16)(H,15,17). The zero-order valence-corrected chi connectivity index (χ0v) is 11.4. The Labute approximate surface area is 108 Å². The second kappa shape index (κ2) is 5.82. The number of hydrogen-bond donors (Lipinski definition) is 2. The van der Waals surface area contributed by atoms with E-state index in [0.717, 1.165) is 12.1 Å². The van der Waals surface area contributed by atoms with Crippen LogP contribution in [0.2, 0.25) is 0 Å². The number of nitrogen functional groups attached to an aromatic ring is 1. The Morgan fingerprint density at radius 1 is 1.50 bits per heavy atom. The van der Waals surface area contributed by atoms with E-state index in [1.807, 2.05) is 20.8 Å². The van der Waals surface area contributed by atoms with Crippen LogP contribution in [0.4, 0.5) is 5.82 Å². The largest absolute Gasteiger partial charge is 0.384 e. The van der Waals surface area contributed by atoms with Gasteiger partial charge in [0.1, 0.15) is 5.82 Å². The summed E-state index contributed by atoms with van der Waals surface area (Å²) < 4.78 is 5.24. The van der Waals surface area contributed by atoms with Crippen LogP contribution in [-0.4, -0.2) is 30.1 Å². The molecular formula is C13H21N3O2. The maximum atomic E-state index is 12.0. The van der Waals surface area contributed by atoms with Gasteiger partial charge in [0.05, 0.1) is 5.60 Å². The lowest BCUT2D eigenvalue weighted by atomic mass is 10.1. The Morgan fingerprint density at radius 2 is 2.17 bits per heavy atom. The smallest absolute Gasteiger partial charge is 0.251 e. The van der Waals surface area contributed by atoms with Gasteiger partial charge in [0.25, 0.3) is 5.91 Å². The number of nitrogens with one attached hydrogen (secondary N) is 1. The zero-order valence-electron chi connectivity index (χ0n) is 11.4. The number of carbonyl (C=O) groups is 1. The van der Waals surface area contributed by atoms with E-state index < -0.39 is 0 Å². The summed E-state index contributed by atoms with van der Waals surface area (Å²) in [5.41, 5.74) is 6.62. The number of amides is 1. The lowest BCUT2D eigenvalue weighted by molar-refractivity contribution is 0.0229. The van der Waals surface area contributed by atoms with Gasteiger partial charge in [-0.15, -0.1) is 0 Å². The minimum atomic E-state index is -0.387. The highest BCUT2D eigenvalue weighted by Gasteiger charge is 2.18. The first kappa shape index (κ1) is 14.4. The summed E-state index contributed by atoms with van der Waals surface area (Å²) >= 11 is 0. The van der Waals surface area contributed by atoms with Crippen LogP contribution in [0.15, 0.2) is 12.1 Å². The van der Waals surface area contributed by atoms with Crippen molar-refractivity contribution in [1.29, 1.82) is 0 Å². The summed E-state index contributed by atoms with van der Waals surface area (Å²) in [5.74, 6) is 0.203. The third-order valence-corrected chi connectivity index (χ3v) is 2.75. The number of aryl methyl sites for hydroxylation is 1. The van der Waals surface area contributed by atoms with Crippen LogP contribution in [-0.2, 0) is 11.2 Å². The molecule has 1 rings (SSSR count). The molecule has 0 unspecified atom stereocenters. The maximum absolute atomic E-state index is 12.0. The molecule has 1 aromatic heterocycles. The molecule has 0 bridgehead atoms. The molecule has 5 nitrogen and oxygen atoms in total. The molecule has 0 aromatic carbocycles. The number of hydrogen-bond acceptors (Lipinski definition) is 4. The first-order valence-corrected chi connectivity index (χ1v) is 5.97. The number of pyridine rings is 1. The van der Waals surface area contributed by atoms with Crippen molar-refractivity contribution in [1.82, 2.24) is 10.3 Å². The van der Waals surface area contributed by atoms with Gasteiger partial charge < -0.3 is 15.8 Å². The second-order valence-electron chi connectivity index (χ2n) is 4.77. The van der Waals surface area contributed by atoms with E-state index in [1.54, 1.807) is 19.2 Å². The summed E-state index contributed by atoms with van der Waals surface area (Å²) in [5, 5.41) is 2.82. The van der Waals surface area contributed by atoms with Crippen LogP contribution < -0.4 is 11.1 Å². The number of carbonyl (C=O) groups excluding carboxylic acids is 1. The molecule has 0 aliphatic heterocycles. The average Bonchev–Trinajstić information content (AvgIpc) is 2.35. The monoisotopic (exact) mass is 251 g/mol. The van der Waals surface area contributed by atoms with Crippen molar-refractivity contribution in [3.05, 3.63) is 23.4 Å². The van der Waals surface area contributed by atoms with Gasteiger partial charge in [0.2, 0.25) is 0 Å². The number of nitrogens with two attached hydrogens (primary N) is 1. The van der Waals surface area contributed by atoms with Gasteiger partial charge in [-0.1, -0.05) is 6.92 Å². The summed E-state index contributed by atoms with van der Waals surface area (Å²) in [4.78, 5) is 16.1. The Balaban J connectivity index is 2.75. The number of aromatic nitrogens is 1. The van der Waals surface area contributed by atoms with Gasteiger partial charge in [-0.05, 0) is 32.4 Å². The minimum Gasteiger partial charge on any atom is -0.384 e. The molecule has 0 aliphatic carbocycles. The summed E-state index contributed by atoms with van der Waals surface area (Å²) in [7, 11) is 1.62. The highest BCUT2D eigenvalue weighted by atomic mass is 16.5. The van der Waals surface area contributed by atoms with Crippen LogP contribution in [0.25, 0.3) is 0 Å². The molecule has 0 spiro atoms. The van der Waals surface area contributed by atoms with Gasteiger partial charge in [0.15, 0.2) is 0 Å². The molecule has 100 valence electrons. The minimum absolute atomic E-state index is 0.163. The fourth-order valence-electron chi connectivity index (χ4n) is 1.39. The number of anilines is 1. The first-order chi connectivity index (χ1) is 8.38. The predicted molar refractivity (Wildman–Crippen MR) is 71.4 cm³/mol. The highest BCUT2D eigenvalue weighted by molar-refractivity contribution is 5.94. The van der Waals surface area contributed by atoms with Crippen LogP contribution in [0, 0.1) is 0 Å². The molecule has 1 heterocycles. The lowest BCUT2D eigenvalue weighted by Crippen LogP contribution is -2.39. The molecule has 0 aliphatic rings. The molecule has 0 radical (unpaired) electrons. The van der Waals surface area contributed by atoms with E-state index in [-0.39, 0.29) is 11.5 Å². The fraction of sp³-hybridized carbons (Fsp3) is 0.538. The summed E-state index contributed by atoms with van der Waals surface area (Å²) in [6.07, 6.45) is 0.745. The number of rotatable bonds is 5. The van der Waals surface area contributed by atoms with Gasteiger partial charge >= 0.3 is 0 Å². The van der Waals surface area contributed by atoms with Gasteiger partial charge in [-0.3, -0.25) is 4.79 Å². The van der Waals surface area contributed by atoms with Crippen LogP contribution in [0.5, 0.6) is 0 Å². The fourth-order valence-corrected chi connectivity index (χ4v) is 1.39. The van der Waals surface area contributed by atoms with Crippen molar-refractivity contribution in [3.63, 3.8) is 0 Å². The average molecular weight is 251 g/mol. The quantitative estimate of drug-likeness (QED) is 0.828. The van der Waals surface area contributed by atoms with E-state index in [1.165, 1.54) is 0 Å². The van der Waals surface area contributed by atoms with E-state index in [9.17, 15) is 4.79 Å². The maximum Gasteiger partial charge on any atom is 0.251 e. The topological polar surface area (TPSA) is 77.2 Å². The van der Waals surface area contributed by atoms with Gasteiger partial charge in [0, 0.05) is 24.9 Å². The predicted octanol–water partition coefficient (Wildman–Crippen LogP) is 1.38. The summed E-state index contributed by atoms with van der Waals surface area (Å²) in [6.45, 7) is 6.22. The molecule has 0 saturated carbocycles. The first-order valence-electron chi connectivity index (χ1n) is 5.97. The van der Waals surface area contributed by atoms with E-state index in [0.29, 0.717) is 17.9 Å². The van der Waals surface area contributed by atoms with Crippen molar-refractivity contribution < 1.29 is 9.53 Å². The molecule has 1 amide bonds. The zero-order chi connectivity index (χ0) is 13.8. The molecule has 3 N–H and O–H groups in total. The molecule has 0 fully saturated rings. The van der Waals surface area contributed by atoms with E-state index in [2.05, 4.69) is 10.3 Å². The van der Waals surface area contributed by atoms with Crippen molar-refractivity contribution in [2.75, 3.05) is 19.4 Å². The van der Waals surface area contributed by atoms with Gasteiger partial charge in [-0.2, -0.15) is 0 Å². The Kier molecular flexibility index (Phi) is 4.67. The molecular weight excluding hydrogens is 230 g/mol. The third-order valence-electron chi connectivity index (χ3n) is 2.75. The third kappa shape index (κ3) is 4.00. The summed E-state index contributed by atoms with van der Waals surface area (Å²) in [6, 6.07) is 3.33. The molecule has 0 atom stereocenters. The Morgan fingerprint density at radius 3 is 2.72 bits per heavy atom. The van der Waals surface area contributed by atoms with Gasteiger partial charge in [-0.25, -0.2) is 4.98 Å². The Hall–Kier alpha value is -1.62. The highest BCUT2D eigenvalue weighted by Crippen LogP contribution is 2.10. The van der Waals surface area contributed by atoms with Crippen molar-refractivity contribution >= 4 is 11.7 Å². The SMILES string of the molecule is CCc1cc(C(=O)NCC(C)(C)OC)cc(N)n1. The number of methoxy groups -OCH3 is 1. The van der Waals surface area contributed by atoms with E-state index >= 15 is 0 Å². The van der Waals surface area contributed by atoms with E-state index in [4.69, 9.17) is 10.5 Å². The van der Waals surface area contributed by atoms with Crippen molar-refractivity contribution in [2.45, 2.75) is 32.8 Å². The lowest BCUT2D eigenvalue weighted by Gasteiger charge is -2.23. The normalized spacial score (nSPS) is 11.3. The number of nitrogens with zero attached hydrogens (tertiary/aromatic N) is 1. The van der Waals surface area contributed by atoms with Crippen LogP contribution >= 0.6 is 0 Å². The molecule has 0 saturated heterocycles. The molecule has 18 heavy (non-hydrogen) atoms. The second-order valence-corrected chi connectivity index (χ2v) is 4.77. The van der Waals surface area contributed by atoms with Crippen LogP contribution in [0.1, 0.15) is 36.8 Å². The Bertz CT molecular complexity index is 430. The number of ether oxygens (including phenoxy) is 1. The molecule has 1 aromatic rings. The van der Waals surface area contributed by atoms with Crippen molar-refractivity contribution in [3.8, 4) is 0 Å². The van der Waals surface area contributed by atoms with Crippen molar-refractivity contribution in [2.24, 2.45) is 0 Å².